The molecular formula is C11H11FO. The monoisotopic (exact) mass is 178 g/mol. The summed E-state index contributed by atoms with van der Waals surface area (Å²) in [7, 11) is 0. The first-order valence-electron chi connectivity index (χ1n) is 4.79. The van der Waals surface area contributed by atoms with Crippen LogP contribution in [0.2, 0.25) is 0 Å². The largest absolute Gasteiger partial charge is 0.489 e. The highest BCUT2D eigenvalue weighted by molar-refractivity contribution is 5.51. The third-order valence-corrected chi connectivity index (χ3v) is 2.99. The van der Waals surface area contributed by atoms with Gasteiger partial charge in [0.2, 0.25) is 0 Å². The molecule has 0 aromatic heterocycles. The SMILES string of the molecule is CCc1c(F)ccc2c1[C@@H]1C[C@@H]1O2. The van der Waals surface area contributed by atoms with Gasteiger partial charge in [-0.3, -0.25) is 0 Å². The molecule has 13 heavy (non-hydrogen) atoms. The first-order valence-corrected chi connectivity index (χ1v) is 4.79. The van der Waals surface area contributed by atoms with Gasteiger partial charge in [0.1, 0.15) is 17.7 Å². The van der Waals surface area contributed by atoms with Crippen molar-refractivity contribution in [2.45, 2.75) is 31.8 Å². The van der Waals surface area contributed by atoms with Crippen LogP contribution in [0.25, 0.3) is 0 Å². The number of hydrogen-bond acceptors (Lipinski definition) is 1. The maximum atomic E-state index is 13.4. The Balaban J connectivity index is 2.21. The van der Waals surface area contributed by atoms with Crippen LogP contribution >= 0.6 is 0 Å². The van der Waals surface area contributed by atoms with E-state index in [-0.39, 0.29) is 5.82 Å². The lowest BCUT2D eigenvalue weighted by molar-refractivity contribution is 0.318. The summed E-state index contributed by atoms with van der Waals surface area (Å²) in [6, 6.07) is 3.28. The summed E-state index contributed by atoms with van der Waals surface area (Å²) < 4.78 is 19.0. The van der Waals surface area contributed by atoms with E-state index in [0.29, 0.717) is 12.0 Å². The molecule has 1 aromatic rings. The second-order valence-corrected chi connectivity index (χ2v) is 3.79. The Morgan fingerprint density at radius 3 is 3.15 bits per heavy atom. The fourth-order valence-corrected chi connectivity index (χ4v) is 2.25. The highest BCUT2D eigenvalue weighted by atomic mass is 19.1. The predicted molar refractivity (Wildman–Crippen MR) is 47.6 cm³/mol. The van der Waals surface area contributed by atoms with E-state index < -0.39 is 0 Å². The topological polar surface area (TPSA) is 9.23 Å². The Kier molecular flexibility index (Phi) is 1.27. The number of benzene rings is 1. The molecule has 1 aliphatic carbocycles. The van der Waals surface area contributed by atoms with Gasteiger partial charge in [0.25, 0.3) is 0 Å². The van der Waals surface area contributed by atoms with E-state index in [4.69, 9.17) is 4.74 Å². The molecule has 1 aromatic carbocycles. The Labute approximate surface area is 76.5 Å². The van der Waals surface area contributed by atoms with Crippen molar-refractivity contribution in [2.75, 3.05) is 0 Å². The van der Waals surface area contributed by atoms with Gasteiger partial charge in [-0.05, 0) is 30.5 Å². The minimum Gasteiger partial charge on any atom is -0.489 e. The summed E-state index contributed by atoms with van der Waals surface area (Å²) in [5.41, 5.74) is 2.01. The van der Waals surface area contributed by atoms with Crippen molar-refractivity contribution in [3.05, 3.63) is 29.1 Å². The minimum absolute atomic E-state index is 0.0719. The van der Waals surface area contributed by atoms with E-state index in [1.165, 1.54) is 6.07 Å². The van der Waals surface area contributed by atoms with Crippen LogP contribution in [0.4, 0.5) is 4.39 Å². The lowest BCUT2D eigenvalue weighted by Gasteiger charge is -2.08. The van der Waals surface area contributed by atoms with Crippen molar-refractivity contribution in [2.24, 2.45) is 0 Å². The van der Waals surface area contributed by atoms with Gasteiger partial charge in [-0.15, -0.1) is 0 Å². The van der Waals surface area contributed by atoms with Gasteiger partial charge < -0.3 is 4.74 Å². The zero-order valence-corrected chi connectivity index (χ0v) is 7.51. The molecule has 1 heterocycles. The van der Waals surface area contributed by atoms with E-state index in [0.717, 1.165) is 29.7 Å². The predicted octanol–water partition coefficient (Wildman–Crippen LogP) is 2.64. The van der Waals surface area contributed by atoms with Crippen molar-refractivity contribution in [1.29, 1.82) is 0 Å². The number of ether oxygens (including phenoxy) is 1. The Morgan fingerprint density at radius 1 is 1.54 bits per heavy atom. The van der Waals surface area contributed by atoms with Crippen LogP contribution in [-0.4, -0.2) is 6.10 Å². The molecule has 0 spiro atoms. The van der Waals surface area contributed by atoms with E-state index in [9.17, 15) is 4.39 Å². The lowest BCUT2D eigenvalue weighted by Crippen LogP contribution is -1.95. The summed E-state index contributed by atoms with van der Waals surface area (Å²) in [5, 5.41) is 0. The first kappa shape index (κ1) is 7.36. The van der Waals surface area contributed by atoms with E-state index >= 15 is 0 Å². The molecule has 3 rings (SSSR count). The molecule has 0 saturated heterocycles. The number of hydrogen-bond donors (Lipinski definition) is 0. The normalized spacial score (nSPS) is 27.8. The van der Waals surface area contributed by atoms with Crippen molar-refractivity contribution in [1.82, 2.24) is 0 Å². The third-order valence-electron chi connectivity index (χ3n) is 2.99. The molecule has 1 saturated carbocycles. The molecule has 1 nitrogen and oxygen atoms in total. The minimum atomic E-state index is -0.0719. The van der Waals surface area contributed by atoms with Gasteiger partial charge in [-0.2, -0.15) is 0 Å². The average molecular weight is 178 g/mol. The summed E-state index contributed by atoms with van der Waals surface area (Å²) >= 11 is 0. The zero-order chi connectivity index (χ0) is 9.00. The fraction of sp³-hybridized carbons (Fsp3) is 0.455. The van der Waals surface area contributed by atoms with Gasteiger partial charge in [-0.1, -0.05) is 6.92 Å². The van der Waals surface area contributed by atoms with Gasteiger partial charge in [-0.25, -0.2) is 4.39 Å². The van der Waals surface area contributed by atoms with Crippen LogP contribution in [0, 0.1) is 5.82 Å². The van der Waals surface area contributed by atoms with Gasteiger partial charge in [0.15, 0.2) is 0 Å². The number of fused-ring (bicyclic) bond motifs is 3. The van der Waals surface area contributed by atoms with Gasteiger partial charge in [0.05, 0.1) is 0 Å². The van der Waals surface area contributed by atoms with Crippen molar-refractivity contribution < 1.29 is 9.13 Å². The van der Waals surface area contributed by atoms with Crippen molar-refractivity contribution >= 4 is 0 Å². The maximum absolute atomic E-state index is 13.4. The maximum Gasteiger partial charge on any atom is 0.126 e. The molecular weight excluding hydrogens is 167 g/mol. The van der Waals surface area contributed by atoms with Crippen LogP contribution in [-0.2, 0) is 6.42 Å². The highest BCUT2D eigenvalue weighted by Gasteiger charge is 2.49. The highest BCUT2D eigenvalue weighted by Crippen LogP contribution is 2.55. The van der Waals surface area contributed by atoms with Crippen LogP contribution < -0.4 is 4.74 Å². The number of rotatable bonds is 1. The van der Waals surface area contributed by atoms with E-state index in [1.54, 1.807) is 6.07 Å². The average Bonchev–Trinajstić information content (AvgIpc) is 2.80. The lowest BCUT2D eigenvalue weighted by atomic mass is 10.0. The number of halogens is 1. The molecule has 0 radical (unpaired) electrons. The first-order chi connectivity index (χ1) is 6.31. The van der Waals surface area contributed by atoms with Crippen LogP contribution in [0.5, 0.6) is 5.75 Å². The van der Waals surface area contributed by atoms with E-state index in [1.807, 2.05) is 6.92 Å². The van der Waals surface area contributed by atoms with Gasteiger partial charge in [0, 0.05) is 11.5 Å². The summed E-state index contributed by atoms with van der Waals surface area (Å²) in [6.45, 7) is 1.99. The summed E-state index contributed by atoms with van der Waals surface area (Å²) in [5.74, 6) is 1.34. The molecule has 2 heteroatoms. The molecule has 0 amide bonds. The molecule has 2 aliphatic rings. The summed E-state index contributed by atoms with van der Waals surface area (Å²) in [6.07, 6.45) is 2.22. The van der Waals surface area contributed by atoms with Gasteiger partial charge >= 0.3 is 0 Å². The molecule has 0 N–H and O–H groups in total. The molecule has 0 unspecified atom stereocenters. The fourth-order valence-electron chi connectivity index (χ4n) is 2.25. The van der Waals surface area contributed by atoms with Crippen LogP contribution in [0.3, 0.4) is 0 Å². The Hall–Kier alpha value is -1.05. The quantitative estimate of drug-likeness (QED) is 0.642. The zero-order valence-electron chi connectivity index (χ0n) is 7.51. The van der Waals surface area contributed by atoms with E-state index in [2.05, 4.69) is 0 Å². The standard InChI is InChI=1S/C11H11FO/c1-2-6-8(12)3-4-9-11(6)7-5-10(7)13-9/h3-4,7,10H,2,5H2,1H3/t7-,10+/m1/s1. The van der Waals surface area contributed by atoms with Crippen molar-refractivity contribution in [3.8, 4) is 5.75 Å². The van der Waals surface area contributed by atoms with Crippen LogP contribution in [0.1, 0.15) is 30.4 Å². The Morgan fingerprint density at radius 2 is 2.38 bits per heavy atom. The molecule has 1 aliphatic heterocycles. The third kappa shape index (κ3) is 0.859. The molecule has 0 bridgehead atoms. The molecule has 2 atom stereocenters. The summed E-state index contributed by atoms with van der Waals surface area (Å²) in [4.78, 5) is 0. The smallest absolute Gasteiger partial charge is 0.126 e. The van der Waals surface area contributed by atoms with Crippen molar-refractivity contribution in [3.63, 3.8) is 0 Å². The second-order valence-electron chi connectivity index (χ2n) is 3.79. The molecule has 68 valence electrons. The Bertz CT molecular complexity index is 373. The van der Waals surface area contributed by atoms with Crippen LogP contribution in [0.15, 0.2) is 12.1 Å². The second kappa shape index (κ2) is 2.25. The molecule has 1 fully saturated rings.